The van der Waals surface area contributed by atoms with E-state index < -0.39 is 0 Å². The van der Waals surface area contributed by atoms with Gasteiger partial charge in [0.1, 0.15) is 6.04 Å². The van der Waals surface area contributed by atoms with Gasteiger partial charge in [0, 0.05) is 49.4 Å². The molecule has 0 radical (unpaired) electrons. The number of piperazine rings is 1. The van der Waals surface area contributed by atoms with Crippen LogP contribution in [-0.4, -0.2) is 80.6 Å². The quantitative estimate of drug-likeness (QED) is 0.751. The minimum Gasteiger partial charge on any atom is -0.383 e. The summed E-state index contributed by atoms with van der Waals surface area (Å²) in [7, 11) is 5.51. The van der Waals surface area contributed by atoms with E-state index in [2.05, 4.69) is 11.8 Å². The highest BCUT2D eigenvalue weighted by atomic mass is 35.5. The first kappa shape index (κ1) is 20.5. The van der Waals surface area contributed by atoms with Crippen molar-refractivity contribution in [2.75, 3.05) is 54.0 Å². The van der Waals surface area contributed by atoms with Crippen LogP contribution in [0.25, 0.3) is 0 Å². The van der Waals surface area contributed by atoms with Gasteiger partial charge in [-0.05, 0) is 44.8 Å². The second-order valence-corrected chi connectivity index (χ2v) is 7.61. The Labute approximate surface area is 160 Å². The molecule has 1 saturated heterocycles. The number of carbonyl (C=O) groups excluding carboxylic acids is 1. The van der Waals surface area contributed by atoms with Crippen LogP contribution in [0.15, 0.2) is 18.2 Å². The summed E-state index contributed by atoms with van der Waals surface area (Å²) in [6.07, 6.45) is 0. The molecule has 25 heavy (non-hydrogen) atoms. The Morgan fingerprint density at radius 2 is 1.72 bits per heavy atom. The van der Waals surface area contributed by atoms with Gasteiger partial charge in [0.15, 0.2) is 0 Å². The van der Waals surface area contributed by atoms with Crippen LogP contribution in [0.3, 0.4) is 0 Å². The summed E-state index contributed by atoms with van der Waals surface area (Å²) in [5.74, 6) is 0.0855. The Bertz CT molecular complexity index is 569. The molecule has 2 rings (SSSR count). The summed E-state index contributed by atoms with van der Waals surface area (Å²) in [4.78, 5) is 19.3. The molecule has 7 heteroatoms. The Morgan fingerprint density at radius 3 is 2.20 bits per heavy atom. The Balaban J connectivity index is 2.09. The molecule has 0 N–H and O–H groups in total. The molecule has 1 aromatic carbocycles. The van der Waals surface area contributed by atoms with Crippen molar-refractivity contribution in [2.45, 2.75) is 19.0 Å². The van der Waals surface area contributed by atoms with E-state index in [1.165, 1.54) is 0 Å². The Kier molecular flexibility index (Phi) is 7.52. The van der Waals surface area contributed by atoms with Crippen molar-refractivity contribution in [3.63, 3.8) is 0 Å². The molecule has 140 valence electrons. The highest BCUT2D eigenvalue weighted by molar-refractivity contribution is 6.34. The van der Waals surface area contributed by atoms with Crippen LogP contribution >= 0.6 is 23.2 Å². The van der Waals surface area contributed by atoms with Gasteiger partial charge in [0.05, 0.1) is 6.61 Å². The molecule has 0 aliphatic carbocycles. The van der Waals surface area contributed by atoms with Gasteiger partial charge in [0.2, 0.25) is 5.91 Å². The van der Waals surface area contributed by atoms with E-state index in [1.54, 1.807) is 13.2 Å². The topological polar surface area (TPSA) is 36.0 Å². The number of amides is 1. The highest BCUT2D eigenvalue weighted by Gasteiger charge is 2.31. The fourth-order valence-corrected chi connectivity index (χ4v) is 3.84. The lowest BCUT2D eigenvalue weighted by Gasteiger charge is -2.40. The average Bonchev–Trinajstić information content (AvgIpc) is 2.54. The van der Waals surface area contributed by atoms with Gasteiger partial charge in [-0.25, -0.2) is 0 Å². The predicted octanol–water partition coefficient (Wildman–Crippen LogP) is 2.78. The van der Waals surface area contributed by atoms with Crippen molar-refractivity contribution >= 4 is 29.1 Å². The van der Waals surface area contributed by atoms with Crippen molar-refractivity contribution in [3.8, 4) is 0 Å². The van der Waals surface area contributed by atoms with Gasteiger partial charge in [-0.1, -0.05) is 23.2 Å². The number of rotatable bonds is 6. The molecule has 1 amide bonds. The van der Waals surface area contributed by atoms with E-state index in [0.717, 1.165) is 18.7 Å². The van der Waals surface area contributed by atoms with E-state index in [1.807, 2.05) is 36.0 Å². The average molecular weight is 388 g/mol. The molecule has 1 aliphatic heterocycles. The van der Waals surface area contributed by atoms with Crippen LogP contribution in [-0.2, 0) is 9.53 Å². The van der Waals surface area contributed by atoms with Crippen LogP contribution in [0, 0.1) is 0 Å². The first-order valence-electron chi connectivity index (χ1n) is 8.47. The van der Waals surface area contributed by atoms with E-state index in [9.17, 15) is 4.79 Å². The number of methoxy groups -OCH3 is 1. The maximum absolute atomic E-state index is 13.1. The van der Waals surface area contributed by atoms with Crippen molar-refractivity contribution in [2.24, 2.45) is 0 Å². The maximum atomic E-state index is 13.1. The molecule has 0 aromatic heterocycles. The van der Waals surface area contributed by atoms with Gasteiger partial charge in [0.25, 0.3) is 0 Å². The second kappa shape index (κ2) is 9.19. The fraction of sp³-hybridized carbons (Fsp3) is 0.611. The molecular weight excluding hydrogens is 361 g/mol. The number of nitrogens with zero attached hydrogens (tertiary/aromatic N) is 3. The van der Waals surface area contributed by atoms with Gasteiger partial charge < -0.3 is 9.64 Å². The number of likely N-dealkylation sites (N-methyl/N-ethyl adjacent to an activating group) is 1. The molecule has 0 unspecified atom stereocenters. The largest absolute Gasteiger partial charge is 0.383 e. The molecule has 1 aliphatic rings. The normalized spacial score (nSPS) is 18.4. The standard InChI is InChI=1S/C18H27Cl2N3O2/c1-13(12-25-4)22-5-7-23(8-6-22)18(24)17(21(2)3)14-9-15(19)11-16(20)10-14/h9-11,13,17H,5-8,12H2,1-4H3/t13-,17-/m0/s1. The lowest BCUT2D eigenvalue weighted by Crippen LogP contribution is -2.54. The van der Waals surface area contributed by atoms with Crippen LogP contribution in [0.5, 0.6) is 0 Å². The zero-order valence-corrected chi connectivity index (χ0v) is 16.8. The molecular formula is C18H27Cl2N3O2. The number of hydrogen-bond acceptors (Lipinski definition) is 4. The molecule has 1 aromatic rings. The van der Waals surface area contributed by atoms with E-state index in [4.69, 9.17) is 27.9 Å². The van der Waals surface area contributed by atoms with Crippen LogP contribution in [0.1, 0.15) is 18.5 Å². The third-order valence-corrected chi connectivity index (χ3v) is 5.04. The van der Waals surface area contributed by atoms with Crippen molar-refractivity contribution in [3.05, 3.63) is 33.8 Å². The maximum Gasteiger partial charge on any atom is 0.244 e. The molecule has 0 saturated carbocycles. The van der Waals surface area contributed by atoms with Gasteiger partial charge in [-0.3, -0.25) is 14.6 Å². The number of hydrogen-bond donors (Lipinski definition) is 0. The summed E-state index contributed by atoms with van der Waals surface area (Å²) >= 11 is 12.3. The van der Waals surface area contributed by atoms with Crippen LogP contribution < -0.4 is 0 Å². The Hall–Kier alpha value is -0.850. The summed E-state index contributed by atoms with van der Waals surface area (Å²) < 4.78 is 5.23. The van der Waals surface area contributed by atoms with E-state index in [0.29, 0.717) is 35.8 Å². The smallest absolute Gasteiger partial charge is 0.244 e. The third-order valence-electron chi connectivity index (χ3n) is 4.61. The number of halogens is 2. The molecule has 1 fully saturated rings. The fourth-order valence-electron chi connectivity index (χ4n) is 3.30. The van der Waals surface area contributed by atoms with Crippen molar-refractivity contribution in [1.29, 1.82) is 0 Å². The van der Waals surface area contributed by atoms with Gasteiger partial charge in [-0.2, -0.15) is 0 Å². The third kappa shape index (κ3) is 5.31. The molecule has 0 spiro atoms. The summed E-state index contributed by atoms with van der Waals surface area (Å²) in [5, 5.41) is 1.08. The molecule has 1 heterocycles. The minimum absolute atomic E-state index is 0.0855. The molecule has 5 nitrogen and oxygen atoms in total. The second-order valence-electron chi connectivity index (χ2n) is 6.73. The molecule has 0 bridgehead atoms. The van der Waals surface area contributed by atoms with Gasteiger partial charge in [-0.15, -0.1) is 0 Å². The van der Waals surface area contributed by atoms with Crippen LogP contribution in [0.2, 0.25) is 10.0 Å². The zero-order valence-electron chi connectivity index (χ0n) is 15.3. The highest BCUT2D eigenvalue weighted by Crippen LogP contribution is 2.28. The van der Waals surface area contributed by atoms with E-state index in [-0.39, 0.29) is 11.9 Å². The summed E-state index contributed by atoms with van der Waals surface area (Å²) in [6, 6.07) is 5.28. The lowest BCUT2D eigenvalue weighted by molar-refractivity contribution is -0.138. The van der Waals surface area contributed by atoms with Crippen molar-refractivity contribution in [1.82, 2.24) is 14.7 Å². The SMILES string of the molecule is COC[C@H](C)N1CCN(C(=O)[C@H](c2cc(Cl)cc(Cl)c2)N(C)C)CC1. The first-order chi connectivity index (χ1) is 11.8. The Morgan fingerprint density at radius 1 is 1.16 bits per heavy atom. The molecule has 2 atom stereocenters. The number of ether oxygens (including phenoxy) is 1. The lowest BCUT2D eigenvalue weighted by atomic mass is 10.0. The van der Waals surface area contributed by atoms with E-state index >= 15 is 0 Å². The van der Waals surface area contributed by atoms with Gasteiger partial charge >= 0.3 is 0 Å². The summed E-state index contributed by atoms with van der Waals surface area (Å²) in [6.45, 7) is 5.99. The zero-order chi connectivity index (χ0) is 18.6. The first-order valence-corrected chi connectivity index (χ1v) is 9.23. The monoisotopic (exact) mass is 387 g/mol. The number of benzene rings is 1. The van der Waals surface area contributed by atoms with Crippen molar-refractivity contribution < 1.29 is 9.53 Å². The van der Waals surface area contributed by atoms with Crippen LogP contribution in [0.4, 0.5) is 0 Å². The predicted molar refractivity (Wildman–Crippen MR) is 102 cm³/mol. The summed E-state index contributed by atoms with van der Waals surface area (Å²) in [5.41, 5.74) is 0.822. The minimum atomic E-state index is -0.390. The number of carbonyl (C=O) groups is 1.